The first kappa shape index (κ1) is 37.4. The van der Waals surface area contributed by atoms with Gasteiger partial charge in [-0.05, 0) is 67.2 Å². The summed E-state index contributed by atoms with van der Waals surface area (Å²) in [6.45, 7) is 5.39. The number of carbonyl (C=O) groups is 2. The van der Waals surface area contributed by atoms with Crippen molar-refractivity contribution in [1.82, 2.24) is 15.1 Å². The van der Waals surface area contributed by atoms with Crippen molar-refractivity contribution in [2.45, 2.75) is 83.4 Å². The van der Waals surface area contributed by atoms with Gasteiger partial charge in [0.25, 0.3) is 0 Å². The Morgan fingerprint density at radius 2 is 1.67 bits per heavy atom. The number of hydrogen-bond donors (Lipinski definition) is 4. The highest BCUT2D eigenvalue weighted by Gasteiger charge is 2.48. The highest BCUT2D eigenvalue weighted by Crippen LogP contribution is 2.35. The molecule has 0 aromatic heterocycles. The number of hydrogen-bond acceptors (Lipinski definition) is 4. The molecule has 0 radical (unpaired) electrons. The number of likely N-dealkylation sites (tertiary alicyclic amines) is 1. The molecule has 2 unspecified atom stereocenters. The van der Waals surface area contributed by atoms with Crippen LogP contribution >= 0.6 is 15.9 Å². The van der Waals surface area contributed by atoms with Crippen LogP contribution < -0.4 is 11.1 Å². The predicted molar refractivity (Wildman–Crippen MR) is 186 cm³/mol. The van der Waals surface area contributed by atoms with E-state index >= 15 is 0 Å². The Morgan fingerprint density at radius 3 is 2.23 bits per heavy atom. The number of halogens is 4. The first-order valence-electron chi connectivity index (χ1n) is 16.9. The fourth-order valence-corrected chi connectivity index (χ4v) is 7.45. The molecule has 0 spiro atoms. The van der Waals surface area contributed by atoms with Gasteiger partial charge in [-0.2, -0.15) is 13.2 Å². The van der Waals surface area contributed by atoms with Crippen molar-refractivity contribution in [2.24, 2.45) is 23.5 Å². The van der Waals surface area contributed by atoms with Crippen molar-refractivity contribution in [3.05, 3.63) is 69.7 Å². The molecule has 48 heavy (non-hydrogen) atoms. The van der Waals surface area contributed by atoms with Crippen molar-refractivity contribution in [3.63, 3.8) is 0 Å². The second-order valence-corrected chi connectivity index (χ2v) is 14.5. The number of amidine groups is 2. The van der Waals surface area contributed by atoms with Crippen molar-refractivity contribution in [3.8, 4) is 0 Å². The Balaban J connectivity index is 1.63. The zero-order valence-electron chi connectivity index (χ0n) is 27.8. The molecule has 8 nitrogen and oxygen atoms in total. The van der Waals surface area contributed by atoms with E-state index < -0.39 is 35.9 Å². The number of benzene rings is 2. The minimum Gasteiger partial charge on any atom is -0.384 e. The lowest BCUT2D eigenvalue weighted by Crippen LogP contribution is -2.58. The lowest BCUT2D eigenvalue weighted by atomic mass is 9.81. The van der Waals surface area contributed by atoms with Gasteiger partial charge in [-0.3, -0.25) is 20.4 Å². The molecule has 1 aliphatic heterocycles. The molecule has 0 bridgehead atoms. The van der Waals surface area contributed by atoms with E-state index in [9.17, 15) is 22.8 Å². The number of amides is 2. The van der Waals surface area contributed by atoms with E-state index in [4.69, 9.17) is 16.6 Å². The number of nitrogens with zero attached hydrogens (tertiary/aromatic N) is 2. The van der Waals surface area contributed by atoms with Gasteiger partial charge in [0.15, 0.2) is 0 Å². The van der Waals surface area contributed by atoms with Gasteiger partial charge in [-0.1, -0.05) is 85.4 Å². The van der Waals surface area contributed by atoms with Gasteiger partial charge in [-0.15, -0.1) is 0 Å². The number of nitrogens with two attached hydrogens (primary N) is 1. The molecule has 2 amide bonds. The van der Waals surface area contributed by atoms with E-state index in [0.29, 0.717) is 50.3 Å². The van der Waals surface area contributed by atoms with Crippen LogP contribution in [-0.2, 0) is 16.0 Å². The van der Waals surface area contributed by atoms with Crippen molar-refractivity contribution in [1.29, 1.82) is 10.8 Å². The summed E-state index contributed by atoms with van der Waals surface area (Å²) in [5, 5.41) is 19.0. The Hall–Kier alpha value is -3.41. The van der Waals surface area contributed by atoms with Gasteiger partial charge in [0, 0.05) is 48.1 Å². The average molecular weight is 734 g/mol. The molecule has 12 heteroatoms. The molecule has 1 aliphatic carbocycles. The number of piperidine rings is 1. The second kappa shape index (κ2) is 16.8. The van der Waals surface area contributed by atoms with E-state index in [2.05, 4.69) is 21.2 Å². The third-order valence-electron chi connectivity index (χ3n) is 9.76. The molecule has 2 fully saturated rings. The predicted octanol–water partition coefficient (Wildman–Crippen LogP) is 6.86. The van der Waals surface area contributed by atoms with Gasteiger partial charge < -0.3 is 20.9 Å². The first-order valence-corrected chi connectivity index (χ1v) is 17.7. The number of carbonyl (C=O) groups excluding carboxylic acids is 2. The highest BCUT2D eigenvalue weighted by molar-refractivity contribution is 9.10. The van der Waals surface area contributed by atoms with E-state index in [0.717, 1.165) is 52.6 Å². The van der Waals surface area contributed by atoms with E-state index in [-0.39, 0.29) is 24.2 Å². The summed E-state index contributed by atoms with van der Waals surface area (Å²) < 4.78 is 44.0. The Labute approximate surface area is 290 Å². The topological polar surface area (TPSA) is 126 Å². The number of alkyl halides is 3. The van der Waals surface area contributed by atoms with Gasteiger partial charge in [0.1, 0.15) is 11.9 Å². The lowest BCUT2D eigenvalue weighted by molar-refractivity contribution is -0.190. The lowest BCUT2D eigenvalue weighted by Gasteiger charge is -2.40. The molecule has 1 heterocycles. The molecule has 2 aromatic rings. The molecule has 2 atom stereocenters. The summed E-state index contributed by atoms with van der Waals surface area (Å²) in [5.74, 6) is -2.73. The van der Waals surface area contributed by atoms with Crippen LogP contribution in [0.2, 0.25) is 0 Å². The first-order chi connectivity index (χ1) is 22.7. The van der Waals surface area contributed by atoms with E-state index in [1.54, 1.807) is 30.3 Å². The summed E-state index contributed by atoms with van der Waals surface area (Å²) in [6, 6.07) is 13.0. The number of rotatable bonds is 12. The van der Waals surface area contributed by atoms with Crippen LogP contribution in [0.15, 0.2) is 53.0 Å². The Bertz CT molecular complexity index is 1420. The largest absolute Gasteiger partial charge is 0.471 e. The maximum Gasteiger partial charge on any atom is 0.471 e. The fraction of sp³-hybridized carbons (Fsp3) is 0.556. The van der Waals surface area contributed by atoms with Crippen LogP contribution in [0.3, 0.4) is 0 Å². The molecule has 2 aromatic carbocycles. The van der Waals surface area contributed by atoms with Crippen LogP contribution in [0.1, 0.15) is 81.4 Å². The normalized spacial score (nSPS) is 17.5. The van der Waals surface area contributed by atoms with Crippen LogP contribution in [-0.4, -0.2) is 71.7 Å². The minimum absolute atomic E-state index is 0.0889. The van der Waals surface area contributed by atoms with Gasteiger partial charge in [0.05, 0.1) is 5.84 Å². The Morgan fingerprint density at radius 1 is 1.02 bits per heavy atom. The standard InChI is InChI=1S/C36H48BrF3N6O2/c1-23(2)33(43)45-17-15-25(16-18-45)21-44-34(47)31(26-7-4-3-5-8-26)46(35(48)36(38,39)40)22-29(28-9-6-10-30(37)20-28)19-24-11-13-27(14-12-24)32(41)42/h6,9-14,20,23,25-26,29,31,43H,3-5,7-8,15-19,21-22H2,1-2H3,(H3,41,42)(H,44,47). The van der Waals surface area contributed by atoms with Gasteiger partial charge >= 0.3 is 12.1 Å². The summed E-state index contributed by atoms with van der Waals surface area (Å²) in [4.78, 5) is 30.3. The number of nitrogens with one attached hydrogen (secondary N) is 3. The molecule has 4 rings (SSSR count). The summed E-state index contributed by atoms with van der Waals surface area (Å²) >= 11 is 3.48. The molecule has 262 valence electrons. The van der Waals surface area contributed by atoms with Crippen LogP contribution in [0.5, 0.6) is 0 Å². The quantitative estimate of drug-likeness (QED) is 0.141. The summed E-state index contributed by atoms with van der Waals surface area (Å²) in [5.41, 5.74) is 7.70. The Kier molecular flexibility index (Phi) is 13.1. The van der Waals surface area contributed by atoms with Crippen LogP contribution in [0.4, 0.5) is 13.2 Å². The van der Waals surface area contributed by atoms with Crippen molar-refractivity contribution in [2.75, 3.05) is 26.2 Å². The summed E-state index contributed by atoms with van der Waals surface area (Å²) in [7, 11) is 0. The monoisotopic (exact) mass is 732 g/mol. The van der Waals surface area contributed by atoms with E-state index in [1.165, 1.54) is 0 Å². The molecule has 2 aliphatic rings. The maximum atomic E-state index is 14.4. The average Bonchev–Trinajstić information content (AvgIpc) is 3.06. The second-order valence-electron chi connectivity index (χ2n) is 13.6. The molecular formula is C36H48BrF3N6O2. The highest BCUT2D eigenvalue weighted by atomic mass is 79.9. The zero-order chi connectivity index (χ0) is 35.0. The van der Waals surface area contributed by atoms with E-state index in [1.807, 2.05) is 36.9 Å². The molecule has 1 saturated carbocycles. The van der Waals surface area contributed by atoms with Crippen LogP contribution in [0, 0.1) is 28.6 Å². The smallest absolute Gasteiger partial charge is 0.384 e. The third kappa shape index (κ3) is 10.1. The molecule has 5 N–H and O–H groups in total. The third-order valence-corrected chi connectivity index (χ3v) is 10.2. The van der Waals surface area contributed by atoms with Crippen molar-refractivity contribution >= 4 is 39.4 Å². The van der Waals surface area contributed by atoms with Gasteiger partial charge in [-0.25, -0.2) is 0 Å². The molecular weight excluding hydrogens is 685 g/mol. The number of nitrogen functional groups attached to an aromatic ring is 1. The molecule has 1 saturated heterocycles. The fourth-order valence-electron chi connectivity index (χ4n) is 7.03. The minimum atomic E-state index is -5.16. The zero-order valence-corrected chi connectivity index (χ0v) is 29.4. The van der Waals surface area contributed by atoms with Crippen LogP contribution in [0.25, 0.3) is 0 Å². The SMILES string of the molecule is CC(C)C(=N)N1CCC(CNC(=O)C(C2CCCCC2)N(CC(Cc2ccc(C(=N)N)cc2)c2cccc(Br)c2)C(=O)C(F)(F)F)CC1. The maximum absolute atomic E-state index is 14.4. The summed E-state index contributed by atoms with van der Waals surface area (Å²) in [6.07, 6.45) is 0.349. The van der Waals surface area contributed by atoms with Gasteiger partial charge in [0.2, 0.25) is 5.91 Å². The van der Waals surface area contributed by atoms with Crippen molar-refractivity contribution < 1.29 is 22.8 Å².